The molecule has 3 aromatic heterocycles. The molecule has 35 heavy (non-hydrogen) atoms. The van der Waals surface area contributed by atoms with Crippen molar-refractivity contribution in [1.82, 2.24) is 14.5 Å². The average molecular weight is 501 g/mol. The van der Waals surface area contributed by atoms with Gasteiger partial charge in [0.05, 0.1) is 17.8 Å². The lowest BCUT2D eigenvalue weighted by Gasteiger charge is -2.14. The number of aryl methyl sites for hydroxylation is 2. The van der Waals surface area contributed by atoms with E-state index in [2.05, 4.69) is 17.2 Å². The van der Waals surface area contributed by atoms with E-state index in [0.717, 1.165) is 39.0 Å². The van der Waals surface area contributed by atoms with Crippen LogP contribution in [0, 0.1) is 6.92 Å². The van der Waals surface area contributed by atoms with Gasteiger partial charge >= 0.3 is 0 Å². The predicted octanol–water partition coefficient (Wildman–Crippen LogP) is 5.66. The maximum absolute atomic E-state index is 13.6. The number of carbonyl (C=O) groups is 1. The van der Waals surface area contributed by atoms with Crippen LogP contribution in [-0.2, 0) is 17.8 Å². The highest BCUT2D eigenvalue weighted by Gasteiger charge is 2.18. The van der Waals surface area contributed by atoms with Crippen molar-refractivity contribution in [3.05, 3.63) is 93.9 Å². The molecule has 5 aromatic rings. The van der Waals surface area contributed by atoms with Crippen LogP contribution in [0.3, 0.4) is 0 Å². The molecule has 0 aliphatic heterocycles. The first kappa shape index (κ1) is 23.3. The topological polar surface area (TPSA) is 76.9 Å². The van der Waals surface area contributed by atoms with Gasteiger partial charge in [-0.05, 0) is 42.2 Å². The zero-order valence-electron chi connectivity index (χ0n) is 19.4. The summed E-state index contributed by atoms with van der Waals surface area (Å²) in [5.74, 6) is 0.0151. The van der Waals surface area contributed by atoms with E-state index < -0.39 is 0 Å². The van der Waals surface area contributed by atoms with Gasteiger partial charge in [-0.2, -0.15) is 0 Å². The van der Waals surface area contributed by atoms with E-state index in [-0.39, 0.29) is 17.2 Å². The van der Waals surface area contributed by atoms with Gasteiger partial charge in [0.2, 0.25) is 5.91 Å². The largest absolute Gasteiger partial charge is 0.325 e. The fourth-order valence-corrected chi connectivity index (χ4v) is 5.89. The molecule has 6 nitrogen and oxygen atoms in total. The van der Waals surface area contributed by atoms with Crippen molar-refractivity contribution in [2.24, 2.45) is 0 Å². The number of nitrogens with one attached hydrogen (secondary N) is 1. The number of thiophene rings is 1. The molecule has 0 aliphatic rings. The Morgan fingerprint density at radius 2 is 1.91 bits per heavy atom. The van der Waals surface area contributed by atoms with Gasteiger partial charge in [-0.3, -0.25) is 14.2 Å². The van der Waals surface area contributed by atoms with Gasteiger partial charge in [-0.15, -0.1) is 11.3 Å². The first-order valence-electron chi connectivity index (χ1n) is 11.4. The molecule has 0 bridgehead atoms. The summed E-state index contributed by atoms with van der Waals surface area (Å²) < 4.78 is 2.24. The monoisotopic (exact) mass is 500 g/mol. The fourth-order valence-electron chi connectivity index (χ4n) is 4.06. The van der Waals surface area contributed by atoms with Gasteiger partial charge in [0.1, 0.15) is 9.53 Å². The number of fused-ring (bicyclic) bond motifs is 3. The zero-order valence-corrected chi connectivity index (χ0v) is 21.1. The number of hydrogen-bond acceptors (Lipinski definition) is 6. The number of thioether (sulfide) groups is 1. The second kappa shape index (κ2) is 10.0. The van der Waals surface area contributed by atoms with Crippen molar-refractivity contribution < 1.29 is 4.79 Å². The molecule has 2 aromatic carbocycles. The minimum Gasteiger partial charge on any atom is -0.325 e. The van der Waals surface area contributed by atoms with E-state index in [9.17, 15) is 9.59 Å². The first-order valence-corrected chi connectivity index (χ1v) is 13.2. The number of hydrogen-bond donors (Lipinski definition) is 1. The smallest absolute Gasteiger partial charge is 0.272 e. The number of para-hydroxylation sites is 1. The quantitative estimate of drug-likeness (QED) is 0.231. The van der Waals surface area contributed by atoms with Gasteiger partial charge < -0.3 is 5.32 Å². The summed E-state index contributed by atoms with van der Waals surface area (Å²) in [7, 11) is 0. The Morgan fingerprint density at radius 1 is 1.09 bits per heavy atom. The van der Waals surface area contributed by atoms with Crippen molar-refractivity contribution >= 4 is 55.1 Å². The molecule has 0 unspecified atom stereocenters. The molecule has 8 heteroatoms. The van der Waals surface area contributed by atoms with E-state index in [1.165, 1.54) is 23.1 Å². The summed E-state index contributed by atoms with van der Waals surface area (Å²) in [6, 6.07) is 19.6. The Balaban J connectivity index is 1.50. The van der Waals surface area contributed by atoms with E-state index in [4.69, 9.17) is 4.98 Å². The van der Waals surface area contributed by atoms with Crippen LogP contribution in [0.25, 0.3) is 20.4 Å². The summed E-state index contributed by atoms with van der Waals surface area (Å²) in [5, 5.41) is 4.44. The summed E-state index contributed by atoms with van der Waals surface area (Å²) in [5.41, 5.74) is 4.51. The Bertz CT molecular complexity index is 1590. The third kappa shape index (κ3) is 4.72. The molecule has 3 heterocycles. The average Bonchev–Trinajstić information content (AvgIpc) is 3.25. The molecule has 176 valence electrons. The Labute approximate surface area is 211 Å². The third-order valence-corrected chi connectivity index (χ3v) is 7.91. The zero-order chi connectivity index (χ0) is 24.4. The number of anilines is 1. The molecule has 0 radical (unpaired) electrons. The third-order valence-electron chi connectivity index (χ3n) is 5.84. The Hall–Kier alpha value is -3.49. The highest BCUT2D eigenvalue weighted by molar-refractivity contribution is 7.99. The molecular formula is C27H24N4O2S2. The van der Waals surface area contributed by atoms with E-state index in [0.29, 0.717) is 21.9 Å². The van der Waals surface area contributed by atoms with Crippen molar-refractivity contribution in [2.45, 2.75) is 32.0 Å². The van der Waals surface area contributed by atoms with Crippen LogP contribution in [0.4, 0.5) is 5.69 Å². The maximum atomic E-state index is 13.6. The molecular weight excluding hydrogens is 476 g/mol. The minimum absolute atomic E-state index is 0.114. The molecule has 0 spiro atoms. The van der Waals surface area contributed by atoms with Crippen molar-refractivity contribution in [3.8, 4) is 0 Å². The summed E-state index contributed by atoms with van der Waals surface area (Å²) in [6.45, 7) is 4.44. The van der Waals surface area contributed by atoms with Gasteiger partial charge in [0.15, 0.2) is 5.16 Å². The highest BCUT2D eigenvalue weighted by Crippen LogP contribution is 2.31. The lowest BCUT2D eigenvalue weighted by molar-refractivity contribution is -0.113. The van der Waals surface area contributed by atoms with Crippen LogP contribution in [0.5, 0.6) is 0 Å². The molecule has 0 fully saturated rings. The molecule has 1 N–H and O–H groups in total. The second-order valence-electron chi connectivity index (χ2n) is 8.21. The molecule has 5 rings (SSSR count). The number of rotatable bonds is 7. The van der Waals surface area contributed by atoms with Gasteiger partial charge in [-0.25, -0.2) is 9.97 Å². The molecule has 0 saturated heterocycles. The van der Waals surface area contributed by atoms with E-state index in [1.807, 2.05) is 67.6 Å². The summed E-state index contributed by atoms with van der Waals surface area (Å²) in [6.07, 6.45) is 2.55. The molecule has 0 atom stereocenters. The maximum Gasteiger partial charge on any atom is 0.272 e. The number of amides is 1. The molecule has 1 amide bonds. The van der Waals surface area contributed by atoms with Crippen LogP contribution in [0.1, 0.15) is 23.6 Å². The predicted molar refractivity (Wildman–Crippen MR) is 145 cm³/mol. The standard InChI is InChI=1S/C27H24N4O2S2/c1-3-19-12-7-9-17(2)22(19)29-21(32)16-34-27-30-23-20-13-8-14-28-25(20)35-24(23)26(33)31(27)15-18-10-5-4-6-11-18/h4-14H,3,15-16H2,1-2H3,(H,29,32). The number of pyridine rings is 1. The summed E-state index contributed by atoms with van der Waals surface area (Å²) >= 11 is 2.64. The van der Waals surface area contributed by atoms with Gasteiger partial charge in [0, 0.05) is 17.3 Å². The number of carbonyl (C=O) groups excluding carboxylic acids is 1. The van der Waals surface area contributed by atoms with Crippen LogP contribution >= 0.6 is 23.1 Å². The van der Waals surface area contributed by atoms with E-state index >= 15 is 0 Å². The normalized spacial score (nSPS) is 11.3. The van der Waals surface area contributed by atoms with Crippen molar-refractivity contribution in [1.29, 1.82) is 0 Å². The Kier molecular flexibility index (Phi) is 6.66. The highest BCUT2D eigenvalue weighted by atomic mass is 32.2. The Morgan fingerprint density at radius 3 is 2.71 bits per heavy atom. The van der Waals surface area contributed by atoms with Crippen molar-refractivity contribution in [2.75, 3.05) is 11.1 Å². The molecule has 0 saturated carbocycles. The van der Waals surface area contributed by atoms with Crippen LogP contribution in [0.15, 0.2) is 76.8 Å². The lowest BCUT2D eigenvalue weighted by atomic mass is 10.1. The number of nitrogens with zero attached hydrogens (tertiary/aromatic N) is 3. The second-order valence-corrected chi connectivity index (χ2v) is 10.1. The van der Waals surface area contributed by atoms with Gasteiger partial charge in [0.25, 0.3) is 5.56 Å². The first-order chi connectivity index (χ1) is 17.0. The minimum atomic E-state index is -0.128. The lowest BCUT2D eigenvalue weighted by Crippen LogP contribution is -2.24. The fraction of sp³-hybridized carbons (Fsp3) is 0.185. The van der Waals surface area contributed by atoms with E-state index in [1.54, 1.807) is 10.8 Å². The van der Waals surface area contributed by atoms with Crippen LogP contribution in [0.2, 0.25) is 0 Å². The number of aromatic nitrogens is 3. The van der Waals surface area contributed by atoms with Crippen LogP contribution < -0.4 is 10.9 Å². The molecule has 0 aliphatic carbocycles. The number of benzene rings is 2. The van der Waals surface area contributed by atoms with Crippen LogP contribution in [-0.4, -0.2) is 26.2 Å². The van der Waals surface area contributed by atoms with Crippen molar-refractivity contribution in [3.63, 3.8) is 0 Å². The van der Waals surface area contributed by atoms with Gasteiger partial charge in [-0.1, -0.05) is 67.2 Å². The SMILES string of the molecule is CCc1cccc(C)c1NC(=O)CSc1nc2c(sc3ncccc32)c(=O)n1Cc1ccccc1. The summed E-state index contributed by atoms with van der Waals surface area (Å²) in [4.78, 5) is 36.6.